The standard InChI is InChI=1S/C27H29BrClN3O4S/c1-3-30-27(34)25(17-20-8-5-4-6-9-20)31(18-21-10-7-11-23(29)16-21)26(33)19-32(37(2,35)36)24-14-12-22(28)13-15-24/h4-16,25H,3,17-19H2,1-2H3,(H,30,34)/t25-/m0/s1. The summed E-state index contributed by atoms with van der Waals surface area (Å²) in [5.74, 6) is -0.836. The van der Waals surface area contributed by atoms with E-state index in [-0.39, 0.29) is 18.9 Å². The van der Waals surface area contributed by atoms with Crippen molar-refractivity contribution < 1.29 is 18.0 Å². The molecular formula is C27H29BrClN3O4S. The van der Waals surface area contributed by atoms with Gasteiger partial charge in [-0.2, -0.15) is 0 Å². The number of nitrogens with one attached hydrogen (secondary N) is 1. The summed E-state index contributed by atoms with van der Waals surface area (Å²) in [4.78, 5) is 28.6. The second-order valence-electron chi connectivity index (χ2n) is 8.50. The molecule has 196 valence electrons. The summed E-state index contributed by atoms with van der Waals surface area (Å²) in [5.41, 5.74) is 1.94. The van der Waals surface area contributed by atoms with Crippen molar-refractivity contribution >= 4 is 55.1 Å². The second-order valence-corrected chi connectivity index (χ2v) is 11.8. The molecule has 0 spiro atoms. The molecule has 3 aromatic rings. The Morgan fingerprint density at radius 2 is 1.62 bits per heavy atom. The minimum atomic E-state index is -3.81. The number of halogens is 2. The molecular weight excluding hydrogens is 578 g/mol. The first-order valence-electron chi connectivity index (χ1n) is 11.7. The van der Waals surface area contributed by atoms with Crippen LogP contribution in [0.25, 0.3) is 0 Å². The van der Waals surface area contributed by atoms with E-state index in [0.29, 0.717) is 17.3 Å². The van der Waals surface area contributed by atoms with Crippen LogP contribution in [0.4, 0.5) is 5.69 Å². The molecule has 2 amide bonds. The monoisotopic (exact) mass is 605 g/mol. The Morgan fingerprint density at radius 1 is 0.973 bits per heavy atom. The van der Waals surface area contributed by atoms with Gasteiger partial charge in [-0.05, 0) is 54.4 Å². The zero-order chi connectivity index (χ0) is 27.0. The van der Waals surface area contributed by atoms with Gasteiger partial charge in [0.1, 0.15) is 12.6 Å². The van der Waals surface area contributed by atoms with E-state index in [9.17, 15) is 18.0 Å². The topological polar surface area (TPSA) is 86.8 Å². The maximum absolute atomic E-state index is 13.9. The summed E-state index contributed by atoms with van der Waals surface area (Å²) in [6, 6.07) is 22.2. The van der Waals surface area contributed by atoms with Crippen LogP contribution in [0.15, 0.2) is 83.3 Å². The van der Waals surface area contributed by atoms with Crippen LogP contribution in [0.1, 0.15) is 18.1 Å². The number of hydrogen-bond donors (Lipinski definition) is 1. The van der Waals surface area contributed by atoms with Crippen molar-refractivity contribution in [2.45, 2.75) is 25.9 Å². The lowest BCUT2D eigenvalue weighted by Gasteiger charge is -2.33. The van der Waals surface area contributed by atoms with E-state index in [1.807, 2.05) is 36.4 Å². The number of carbonyl (C=O) groups is 2. The van der Waals surface area contributed by atoms with Crippen molar-refractivity contribution in [1.82, 2.24) is 10.2 Å². The lowest BCUT2D eigenvalue weighted by molar-refractivity contribution is -0.140. The van der Waals surface area contributed by atoms with Gasteiger partial charge in [0.2, 0.25) is 21.8 Å². The Kier molecular flexibility index (Phi) is 10.1. The number of benzene rings is 3. The van der Waals surface area contributed by atoms with E-state index in [1.54, 1.807) is 49.4 Å². The molecule has 7 nitrogen and oxygen atoms in total. The van der Waals surface area contributed by atoms with Crippen LogP contribution in [-0.2, 0) is 32.6 Å². The lowest BCUT2D eigenvalue weighted by Crippen LogP contribution is -2.53. The molecule has 0 saturated heterocycles. The Morgan fingerprint density at radius 3 is 2.22 bits per heavy atom. The smallest absolute Gasteiger partial charge is 0.244 e. The molecule has 1 N–H and O–H groups in total. The summed E-state index contributed by atoms with van der Waals surface area (Å²) in [6.45, 7) is 1.80. The largest absolute Gasteiger partial charge is 0.355 e. The molecule has 0 bridgehead atoms. The van der Waals surface area contributed by atoms with Crippen molar-refractivity contribution in [3.05, 3.63) is 99.5 Å². The number of nitrogens with zero attached hydrogens (tertiary/aromatic N) is 2. The molecule has 1 atom stereocenters. The predicted molar refractivity (Wildman–Crippen MR) is 151 cm³/mol. The van der Waals surface area contributed by atoms with Crippen molar-refractivity contribution in [2.75, 3.05) is 23.7 Å². The molecule has 37 heavy (non-hydrogen) atoms. The molecule has 0 aliphatic heterocycles. The average Bonchev–Trinajstić information content (AvgIpc) is 2.85. The summed E-state index contributed by atoms with van der Waals surface area (Å²) in [6.07, 6.45) is 1.31. The molecule has 0 fully saturated rings. The van der Waals surface area contributed by atoms with Gasteiger partial charge in [-0.25, -0.2) is 8.42 Å². The zero-order valence-corrected chi connectivity index (χ0v) is 23.8. The van der Waals surface area contributed by atoms with Gasteiger partial charge < -0.3 is 10.2 Å². The number of carbonyl (C=O) groups excluding carboxylic acids is 2. The molecule has 3 aromatic carbocycles. The highest BCUT2D eigenvalue weighted by Gasteiger charge is 2.32. The Balaban J connectivity index is 2.03. The lowest BCUT2D eigenvalue weighted by atomic mass is 10.0. The van der Waals surface area contributed by atoms with Crippen molar-refractivity contribution in [3.63, 3.8) is 0 Å². The third-order valence-corrected chi connectivity index (χ3v) is 7.56. The maximum Gasteiger partial charge on any atom is 0.244 e. The highest BCUT2D eigenvalue weighted by molar-refractivity contribution is 9.10. The van der Waals surface area contributed by atoms with Gasteiger partial charge in [0, 0.05) is 29.0 Å². The first-order valence-corrected chi connectivity index (χ1v) is 14.7. The number of rotatable bonds is 11. The summed E-state index contributed by atoms with van der Waals surface area (Å²) < 4.78 is 27.3. The fraction of sp³-hybridized carbons (Fsp3) is 0.259. The highest BCUT2D eigenvalue weighted by Crippen LogP contribution is 2.23. The first kappa shape index (κ1) is 28.7. The molecule has 0 radical (unpaired) electrons. The van der Waals surface area contributed by atoms with Gasteiger partial charge in [0.15, 0.2) is 0 Å². The Hall–Kier alpha value is -2.88. The van der Waals surface area contributed by atoms with E-state index < -0.39 is 28.5 Å². The quantitative estimate of drug-likeness (QED) is 0.345. The van der Waals surface area contributed by atoms with Gasteiger partial charge in [0.05, 0.1) is 11.9 Å². The second kappa shape index (κ2) is 13.1. The molecule has 0 unspecified atom stereocenters. The molecule has 0 aliphatic rings. The normalized spacial score (nSPS) is 12.0. The van der Waals surface area contributed by atoms with E-state index in [1.165, 1.54) is 4.90 Å². The molecule has 3 rings (SSSR count). The minimum absolute atomic E-state index is 0.0754. The van der Waals surface area contributed by atoms with Crippen LogP contribution in [-0.4, -0.2) is 50.5 Å². The summed E-state index contributed by atoms with van der Waals surface area (Å²) >= 11 is 9.54. The molecule has 0 saturated carbocycles. The van der Waals surface area contributed by atoms with Crippen LogP contribution in [0.5, 0.6) is 0 Å². The fourth-order valence-corrected chi connectivity index (χ4v) is 5.23. The fourth-order valence-electron chi connectivity index (χ4n) is 3.90. The number of sulfonamides is 1. The van der Waals surface area contributed by atoms with E-state index in [0.717, 1.165) is 26.2 Å². The van der Waals surface area contributed by atoms with E-state index in [4.69, 9.17) is 11.6 Å². The molecule has 0 aliphatic carbocycles. The molecule has 10 heteroatoms. The minimum Gasteiger partial charge on any atom is -0.355 e. The van der Waals surface area contributed by atoms with Gasteiger partial charge in [-0.1, -0.05) is 70.0 Å². The van der Waals surface area contributed by atoms with E-state index in [2.05, 4.69) is 21.2 Å². The third-order valence-electron chi connectivity index (χ3n) is 5.66. The Labute approximate surface area is 231 Å². The Bertz CT molecular complexity index is 1320. The van der Waals surface area contributed by atoms with Gasteiger partial charge in [-0.3, -0.25) is 13.9 Å². The van der Waals surface area contributed by atoms with E-state index >= 15 is 0 Å². The number of amides is 2. The molecule has 0 heterocycles. The first-order chi connectivity index (χ1) is 17.6. The van der Waals surface area contributed by atoms with Gasteiger partial charge >= 0.3 is 0 Å². The van der Waals surface area contributed by atoms with Crippen molar-refractivity contribution in [3.8, 4) is 0 Å². The van der Waals surface area contributed by atoms with Crippen LogP contribution in [0.2, 0.25) is 5.02 Å². The highest BCUT2D eigenvalue weighted by atomic mass is 79.9. The summed E-state index contributed by atoms with van der Waals surface area (Å²) in [7, 11) is -3.81. The van der Waals surface area contributed by atoms with Gasteiger partial charge in [-0.15, -0.1) is 0 Å². The van der Waals surface area contributed by atoms with Gasteiger partial charge in [0.25, 0.3) is 0 Å². The zero-order valence-electron chi connectivity index (χ0n) is 20.6. The van der Waals surface area contributed by atoms with Crippen LogP contribution in [0, 0.1) is 0 Å². The van der Waals surface area contributed by atoms with Crippen LogP contribution >= 0.6 is 27.5 Å². The number of likely N-dealkylation sites (N-methyl/N-ethyl adjacent to an activating group) is 1. The third kappa shape index (κ3) is 8.31. The average molecular weight is 607 g/mol. The summed E-state index contributed by atoms with van der Waals surface area (Å²) in [5, 5.41) is 3.32. The SMILES string of the molecule is CCNC(=O)[C@H](Cc1ccccc1)N(Cc1cccc(Cl)c1)C(=O)CN(c1ccc(Br)cc1)S(C)(=O)=O. The number of hydrogen-bond acceptors (Lipinski definition) is 4. The van der Waals surface area contributed by atoms with Crippen LogP contribution < -0.4 is 9.62 Å². The van der Waals surface area contributed by atoms with Crippen LogP contribution in [0.3, 0.4) is 0 Å². The number of anilines is 1. The van der Waals surface area contributed by atoms with Crippen molar-refractivity contribution in [2.24, 2.45) is 0 Å². The molecule has 0 aromatic heterocycles. The predicted octanol–water partition coefficient (Wildman–Crippen LogP) is 4.64. The maximum atomic E-state index is 13.9. The van der Waals surface area contributed by atoms with Crippen molar-refractivity contribution in [1.29, 1.82) is 0 Å².